The highest BCUT2D eigenvalue weighted by atomic mass is 16.5. The van der Waals surface area contributed by atoms with Crippen LogP contribution in [0.5, 0.6) is 0 Å². The molecule has 1 N–H and O–H groups in total. The fourth-order valence-corrected chi connectivity index (χ4v) is 3.41. The normalized spacial score (nSPS) is 16.5. The molecule has 0 aromatic carbocycles. The molecule has 0 unspecified atom stereocenters. The molecule has 0 spiro atoms. The molecule has 0 radical (unpaired) electrons. The summed E-state index contributed by atoms with van der Waals surface area (Å²) in [6, 6.07) is -0.513. The summed E-state index contributed by atoms with van der Waals surface area (Å²) in [6.45, 7) is 10.4. The molecule has 3 amide bonds. The molecular formula is C19H35N3O4. The summed E-state index contributed by atoms with van der Waals surface area (Å²) >= 11 is 0. The lowest BCUT2D eigenvalue weighted by Gasteiger charge is -2.37. The van der Waals surface area contributed by atoms with Crippen molar-refractivity contribution in [3.05, 3.63) is 0 Å². The number of carbonyl (C=O) groups excluding carboxylic acids is 3. The monoisotopic (exact) mass is 369 g/mol. The molecule has 7 nitrogen and oxygen atoms in total. The van der Waals surface area contributed by atoms with E-state index >= 15 is 0 Å². The van der Waals surface area contributed by atoms with E-state index in [4.69, 9.17) is 4.74 Å². The fourth-order valence-electron chi connectivity index (χ4n) is 3.41. The Balaban J connectivity index is 2.80. The van der Waals surface area contributed by atoms with E-state index in [0.29, 0.717) is 45.4 Å². The Morgan fingerprint density at radius 2 is 1.73 bits per heavy atom. The number of piperidine rings is 1. The quantitative estimate of drug-likeness (QED) is 0.664. The van der Waals surface area contributed by atoms with Crippen LogP contribution < -0.4 is 5.32 Å². The average Bonchev–Trinajstić information content (AvgIpc) is 2.60. The first-order valence-corrected chi connectivity index (χ1v) is 9.68. The predicted octanol–water partition coefficient (Wildman–Crippen LogP) is 1.27. The smallest absolute Gasteiger partial charge is 0.248 e. The van der Waals surface area contributed by atoms with E-state index in [1.807, 2.05) is 27.7 Å². The molecular weight excluding hydrogens is 334 g/mol. The van der Waals surface area contributed by atoms with Crippen molar-refractivity contribution in [3.63, 3.8) is 0 Å². The maximum Gasteiger partial charge on any atom is 0.248 e. The van der Waals surface area contributed by atoms with E-state index in [9.17, 15) is 14.4 Å². The van der Waals surface area contributed by atoms with Gasteiger partial charge in [-0.15, -0.1) is 0 Å². The highest BCUT2D eigenvalue weighted by Crippen LogP contribution is 2.23. The van der Waals surface area contributed by atoms with Crippen LogP contribution in [0.15, 0.2) is 0 Å². The van der Waals surface area contributed by atoms with Crippen molar-refractivity contribution in [3.8, 4) is 0 Å². The Morgan fingerprint density at radius 1 is 1.15 bits per heavy atom. The summed E-state index contributed by atoms with van der Waals surface area (Å²) in [7, 11) is 1.51. The molecule has 1 aliphatic heterocycles. The number of methoxy groups -OCH3 is 1. The van der Waals surface area contributed by atoms with Crippen molar-refractivity contribution >= 4 is 17.7 Å². The lowest BCUT2D eigenvalue weighted by atomic mass is 9.88. The summed E-state index contributed by atoms with van der Waals surface area (Å²) in [6.07, 6.45) is 1.82. The third-order valence-corrected chi connectivity index (χ3v) is 4.88. The number of nitrogens with one attached hydrogen (secondary N) is 1. The largest absolute Gasteiger partial charge is 0.375 e. The summed E-state index contributed by atoms with van der Waals surface area (Å²) in [5.41, 5.74) is 0. The Bertz CT molecular complexity index is 469. The molecule has 0 bridgehead atoms. The molecule has 7 heteroatoms. The van der Waals surface area contributed by atoms with Crippen LogP contribution in [0.25, 0.3) is 0 Å². The van der Waals surface area contributed by atoms with E-state index in [0.717, 1.165) is 0 Å². The molecule has 26 heavy (non-hydrogen) atoms. The zero-order valence-corrected chi connectivity index (χ0v) is 16.9. The van der Waals surface area contributed by atoms with E-state index in [1.54, 1.807) is 9.80 Å². The van der Waals surface area contributed by atoms with E-state index in [2.05, 4.69) is 5.32 Å². The fraction of sp³-hybridized carbons (Fsp3) is 0.842. The van der Waals surface area contributed by atoms with Crippen LogP contribution in [0.2, 0.25) is 0 Å². The van der Waals surface area contributed by atoms with Gasteiger partial charge >= 0.3 is 0 Å². The number of amides is 3. The first-order chi connectivity index (χ1) is 12.3. The Kier molecular flexibility index (Phi) is 9.62. The number of hydrogen-bond donors (Lipinski definition) is 1. The van der Waals surface area contributed by atoms with Gasteiger partial charge in [-0.05, 0) is 38.5 Å². The van der Waals surface area contributed by atoms with Gasteiger partial charge in [-0.1, -0.05) is 13.8 Å². The van der Waals surface area contributed by atoms with Crippen molar-refractivity contribution in [2.75, 3.05) is 39.9 Å². The first kappa shape index (κ1) is 22.4. The summed E-state index contributed by atoms with van der Waals surface area (Å²) in [5.74, 6) is 0.164. The van der Waals surface area contributed by atoms with Crippen LogP contribution in [0.4, 0.5) is 0 Å². The maximum absolute atomic E-state index is 13.0. The van der Waals surface area contributed by atoms with Gasteiger partial charge in [0.05, 0.1) is 0 Å². The van der Waals surface area contributed by atoms with Gasteiger partial charge in [0, 0.05) is 39.7 Å². The van der Waals surface area contributed by atoms with Crippen molar-refractivity contribution in [2.45, 2.75) is 53.0 Å². The Labute approximate surface area is 157 Å². The summed E-state index contributed by atoms with van der Waals surface area (Å²) in [4.78, 5) is 40.8. The minimum absolute atomic E-state index is 0.0197. The van der Waals surface area contributed by atoms with Gasteiger partial charge < -0.3 is 19.9 Å². The van der Waals surface area contributed by atoms with Gasteiger partial charge in [-0.2, -0.15) is 0 Å². The van der Waals surface area contributed by atoms with Crippen molar-refractivity contribution in [1.82, 2.24) is 15.1 Å². The second-order valence-electron chi connectivity index (χ2n) is 7.30. The number of likely N-dealkylation sites (N-methyl/N-ethyl adjacent to an activating group) is 1. The average molecular weight is 370 g/mol. The molecule has 1 rings (SSSR count). The standard InChI is InChI=1S/C19H35N3O4/c1-6-21(7-2)19(25)18(20-16(23)12-14(3)4)15-8-10-22(11-9-15)17(24)13-26-5/h14-15,18H,6-13H2,1-5H3,(H,20,23)/t18-/m0/s1. The van der Waals surface area contributed by atoms with Gasteiger partial charge in [0.1, 0.15) is 12.6 Å². The third-order valence-electron chi connectivity index (χ3n) is 4.88. The third kappa shape index (κ3) is 6.59. The topological polar surface area (TPSA) is 79.0 Å². The molecule has 0 aromatic heterocycles. The highest BCUT2D eigenvalue weighted by molar-refractivity contribution is 5.88. The molecule has 0 aliphatic carbocycles. The lowest BCUT2D eigenvalue weighted by molar-refractivity contribution is -0.140. The zero-order chi connectivity index (χ0) is 19.7. The molecule has 150 valence electrons. The molecule has 1 saturated heterocycles. The van der Waals surface area contributed by atoms with Crippen LogP contribution in [0, 0.1) is 11.8 Å². The molecule has 1 heterocycles. The summed E-state index contributed by atoms with van der Waals surface area (Å²) < 4.78 is 4.91. The number of likely N-dealkylation sites (tertiary alicyclic amines) is 1. The predicted molar refractivity (Wildman–Crippen MR) is 100 cm³/mol. The van der Waals surface area contributed by atoms with E-state index in [1.165, 1.54) is 7.11 Å². The van der Waals surface area contributed by atoms with Gasteiger partial charge in [0.2, 0.25) is 17.7 Å². The number of carbonyl (C=O) groups is 3. The molecule has 1 fully saturated rings. The van der Waals surface area contributed by atoms with Crippen molar-refractivity contribution in [2.24, 2.45) is 11.8 Å². The van der Waals surface area contributed by atoms with Crippen LogP contribution in [-0.2, 0) is 19.1 Å². The number of hydrogen-bond acceptors (Lipinski definition) is 4. The molecule has 0 aromatic rings. The van der Waals surface area contributed by atoms with Gasteiger partial charge in [0.15, 0.2) is 0 Å². The second-order valence-corrected chi connectivity index (χ2v) is 7.30. The number of nitrogens with zero attached hydrogens (tertiary/aromatic N) is 2. The van der Waals surface area contributed by atoms with Crippen molar-refractivity contribution < 1.29 is 19.1 Å². The van der Waals surface area contributed by atoms with Crippen LogP contribution in [0.3, 0.4) is 0 Å². The van der Waals surface area contributed by atoms with Gasteiger partial charge in [-0.3, -0.25) is 14.4 Å². The summed E-state index contributed by atoms with van der Waals surface area (Å²) in [5, 5.41) is 2.98. The molecule has 0 saturated carbocycles. The minimum Gasteiger partial charge on any atom is -0.375 e. The lowest BCUT2D eigenvalue weighted by Crippen LogP contribution is -2.55. The SMILES string of the molecule is CCN(CC)C(=O)[C@@H](NC(=O)CC(C)C)C1CCN(C(=O)COC)CC1. The first-order valence-electron chi connectivity index (χ1n) is 9.68. The Morgan fingerprint density at radius 3 is 2.19 bits per heavy atom. The van der Waals surface area contributed by atoms with Gasteiger partial charge in [0.25, 0.3) is 0 Å². The zero-order valence-electron chi connectivity index (χ0n) is 16.9. The van der Waals surface area contributed by atoms with Crippen LogP contribution in [0.1, 0.15) is 47.0 Å². The van der Waals surface area contributed by atoms with E-state index in [-0.39, 0.29) is 36.2 Å². The highest BCUT2D eigenvalue weighted by Gasteiger charge is 2.35. The number of ether oxygens (including phenoxy) is 1. The van der Waals surface area contributed by atoms with Gasteiger partial charge in [-0.25, -0.2) is 0 Å². The van der Waals surface area contributed by atoms with Crippen LogP contribution >= 0.6 is 0 Å². The molecule has 1 atom stereocenters. The van der Waals surface area contributed by atoms with Crippen LogP contribution in [-0.4, -0.2) is 73.5 Å². The molecule has 1 aliphatic rings. The number of rotatable bonds is 9. The second kappa shape index (κ2) is 11.2. The minimum atomic E-state index is -0.513. The Hall–Kier alpha value is -1.63. The van der Waals surface area contributed by atoms with E-state index < -0.39 is 6.04 Å². The van der Waals surface area contributed by atoms with Crippen molar-refractivity contribution in [1.29, 1.82) is 0 Å². The maximum atomic E-state index is 13.0.